The highest BCUT2D eigenvalue weighted by Gasteiger charge is 2.35. The summed E-state index contributed by atoms with van der Waals surface area (Å²) >= 11 is 0. The zero-order valence-electron chi connectivity index (χ0n) is 13.5. The first-order valence-electron chi connectivity index (χ1n) is 8.10. The Kier molecular flexibility index (Phi) is 5.00. The van der Waals surface area contributed by atoms with E-state index in [0.29, 0.717) is 19.5 Å². The summed E-state index contributed by atoms with van der Waals surface area (Å²) in [6, 6.07) is 19.6. The summed E-state index contributed by atoms with van der Waals surface area (Å²) in [6.07, 6.45) is 0.432. The highest BCUT2D eigenvalue weighted by atomic mass is 32.2. The molecule has 3 rings (SSSR count). The zero-order valence-corrected chi connectivity index (χ0v) is 14.3. The Balaban J connectivity index is 1.80. The lowest BCUT2D eigenvalue weighted by Gasteiger charge is -2.25. The van der Waals surface area contributed by atoms with Gasteiger partial charge in [0.2, 0.25) is 5.91 Å². The molecule has 1 amide bonds. The molecule has 2 aromatic carbocycles. The molecule has 0 bridgehead atoms. The maximum atomic E-state index is 12.9. The van der Waals surface area contributed by atoms with Crippen molar-refractivity contribution in [3.05, 3.63) is 71.8 Å². The predicted molar refractivity (Wildman–Crippen MR) is 93.9 cm³/mol. The molecule has 0 saturated carbocycles. The summed E-state index contributed by atoms with van der Waals surface area (Å²) in [4.78, 5) is 14.7. The van der Waals surface area contributed by atoms with E-state index >= 15 is 0 Å². The molecule has 4 nitrogen and oxygen atoms in total. The van der Waals surface area contributed by atoms with E-state index < -0.39 is 15.8 Å². The summed E-state index contributed by atoms with van der Waals surface area (Å²) in [6.45, 7) is 0.982. The van der Waals surface area contributed by atoms with Crippen molar-refractivity contribution in [1.29, 1.82) is 0 Å². The average Bonchev–Trinajstić information content (AvgIpc) is 2.95. The predicted octanol–water partition coefficient (Wildman–Crippen LogP) is 2.65. The quantitative estimate of drug-likeness (QED) is 0.839. The standard InChI is InChI=1S/C19H21NO3S/c21-19(18-11-12-24(22,23)15-18)20(13-16-7-3-1-4-8-16)14-17-9-5-2-6-10-17/h1-10,18H,11-15H2/t18-/m1/s1. The third kappa shape index (κ3) is 4.23. The molecule has 0 unspecified atom stereocenters. The molecule has 1 heterocycles. The Bertz CT molecular complexity index is 746. The zero-order chi connectivity index (χ0) is 17.0. The number of hydrogen-bond donors (Lipinski definition) is 0. The van der Waals surface area contributed by atoms with E-state index in [4.69, 9.17) is 0 Å². The van der Waals surface area contributed by atoms with Gasteiger partial charge in [-0.25, -0.2) is 8.42 Å². The second kappa shape index (κ2) is 7.18. The Labute approximate surface area is 143 Å². The van der Waals surface area contributed by atoms with Crippen LogP contribution in [0.25, 0.3) is 0 Å². The Morgan fingerprint density at radius 1 is 0.917 bits per heavy atom. The molecular formula is C19H21NO3S. The van der Waals surface area contributed by atoms with Crippen LogP contribution in [0, 0.1) is 5.92 Å². The fraction of sp³-hybridized carbons (Fsp3) is 0.316. The molecule has 1 atom stereocenters. The lowest BCUT2D eigenvalue weighted by atomic mass is 10.1. The first-order chi connectivity index (χ1) is 11.5. The van der Waals surface area contributed by atoms with E-state index in [1.54, 1.807) is 4.90 Å². The van der Waals surface area contributed by atoms with Crippen LogP contribution in [0.1, 0.15) is 17.5 Å². The molecule has 126 valence electrons. The van der Waals surface area contributed by atoms with Crippen molar-refractivity contribution >= 4 is 15.7 Å². The molecule has 5 heteroatoms. The van der Waals surface area contributed by atoms with Gasteiger partial charge in [-0.15, -0.1) is 0 Å². The minimum absolute atomic E-state index is 0.0219. The molecule has 0 N–H and O–H groups in total. The van der Waals surface area contributed by atoms with E-state index in [1.165, 1.54) is 0 Å². The number of rotatable bonds is 5. The van der Waals surface area contributed by atoms with Crippen molar-refractivity contribution in [1.82, 2.24) is 4.90 Å². The van der Waals surface area contributed by atoms with Crippen LogP contribution in [0.4, 0.5) is 0 Å². The lowest BCUT2D eigenvalue weighted by Crippen LogP contribution is -2.35. The van der Waals surface area contributed by atoms with Gasteiger partial charge in [0, 0.05) is 13.1 Å². The fourth-order valence-electron chi connectivity index (χ4n) is 3.07. The van der Waals surface area contributed by atoms with Gasteiger partial charge in [-0.1, -0.05) is 60.7 Å². The number of carbonyl (C=O) groups is 1. The lowest BCUT2D eigenvalue weighted by molar-refractivity contribution is -0.136. The van der Waals surface area contributed by atoms with Crippen LogP contribution in [0.3, 0.4) is 0 Å². The van der Waals surface area contributed by atoms with E-state index in [9.17, 15) is 13.2 Å². The summed E-state index contributed by atoms with van der Waals surface area (Å²) in [7, 11) is -3.07. The molecular weight excluding hydrogens is 322 g/mol. The molecule has 1 saturated heterocycles. The number of sulfone groups is 1. The van der Waals surface area contributed by atoms with Crippen LogP contribution in [0.2, 0.25) is 0 Å². The Hall–Kier alpha value is -2.14. The van der Waals surface area contributed by atoms with Crippen LogP contribution in [-0.4, -0.2) is 30.7 Å². The third-order valence-corrected chi connectivity index (χ3v) is 6.09. The molecule has 24 heavy (non-hydrogen) atoms. The van der Waals surface area contributed by atoms with E-state index in [2.05, 4.69) is 0 Å². The van der Waals surface area contributed by atoms with Gasteiger partial charge in [0.15, 0.2) is 9.84 Å². The van der Waals surface area contributed by atoms with Crippen LogP contribution < -0.4 is 0 Å². The molecule has 1 fully saturated rings. The molecule has 1 aliphatic rings. The molecule has 1 aliphatic heterocycles. The molecule has 2 aromatic rings. The number of carbonyl (C=O) groups excluding carboxylic acids is 1. The van der Waals surface area contributed by atoms with E-state index in [1.807, 2.05) is 60.7 Å². The minimum Gasteiger partial charge on any atom is -0.334 e. The monoisotopic (exact) mass is 343 g/mol. The van der Waals surface area contributed by atoms with Crippen LogP contribution >= 0.6 is 0 Å². The maximum Gasteiger partial charge on any atom is 0.227 e. The van der Waals surface area contributed by atoms with Gasteiger partial charge in [-0.3, -0.25) is 4.79 Å². The van der Waals surface area contributed by atoms with Gasteiger partial charge in [0.25, 0.3) is 0 Å². The van der Waals surface area contributed by atoms with E-state index in [0.717, 1.165) is 11.1 Å². The van der Waals surface area contributed by atoms with Crippen molar-refractivity contribution in [3.8, 4) is 0 Å². The number of hydrogen-bond acceptors (Lipinski definition) is 3. The van der Waals surface area contributed by atoms with Crippen LogP contribution in [-0.2, 0) is 27.7 Å². The summed E-state index contributed by atoms with van der Waals surface area (Å²) in [5.41, 5.74) is 2.09. The van der Waals surface area contributed by atoms with Gasteiger partial charge in [0.1, 0.15) is 0 Å². The average molecular weight is 343 g/mol. The SMILES string of the molecule is O=C([C@@H]1CCS(=O)(=O)C1)N(Cc1ccccc1)Cc1ccccc1. The van der Waals surface area contributed by atoms with Gasteiger partial charge >= 0.3 is 0 Å². The fourth-order valence-corrected chi connectivity index (χ4v) is 4.80. The molecule has 0 aromatic heterocycles. The summed E-state index contributed by atoms with van der Waals surface area (Å²) < 4.78 is 23.4. The highest BCUT2D eigenvalue weighted by molar-refractivity contribution is 7.91. The van der Waals surface area contributed by atoms with Crippen molar-refractivity contribution in [2.24, 2.45) is 5.92 Å². The maximum absolute atomic E-state index is 12.9. The second-order valence-electron chi connectivity index (χ2n) is 6.27. The van der Waals surface area contributed by atoms with Crippen molar-refractivity contribution < 1.29 is 13.2 Å². The molecule has 0 spiro atoms. The van der Waals surface area contributed by atoms with Gasteiger partial charge in [-0.05, 0) is 17.5 Å². The van der Waals surface area contributed by atoms with E-state index in [-0.39, 0.29) is 17.4 Å². The second-order valence-corrected chi connectivity index (χ2v) is 8.49. The number of amides is 1. The van der Waals surface area contributed by atoms with Crippen LogP contribution in [0.5, 0.6) is 0 Å². The van der Waals surface area contributed by atoms with Gasteiger partial charge in [0.05, 0.1) is 17.4 Å². The summed E-state index contributed by atoms with van der Waals surface area (Å²) in [5, 5.41) is 0. The van der Waals surface area contributed by atoms with Crippen molar-refractivity contribution in [2.75, 3.05) is 11.5 Å². The Morgan fingerprint density at radius 2 is 1.42 bits per heavy atom. The third-order valence-electron chi connectivity index (χ3n) is 4.33. The largest absolute Gasteiger partial charge is 0.334 e. The van der Waals surface area contributed by atoms with Crippen LogP contribution in [0.15, 0.2) is 60.7 Å². The minimum atomic E-state index is -3.07. The smallest absolute Gasteiger partial charge is 0.227 e. The normalized spacial score (nSPS) is 19.1. The molecule has 0 aliphatic carbocycles. The molecule has 0 radical (unpaired) electrons. The van der Waals surface area contributed by atoms with Crippen molar-refractivity contribution in [2.45, 2.75) is 19.5 Å². The Morgan fingerprint density at radius 3 is 1.83 bits per heavy atom. The number of benzene rings is 2. The van der Waals surface area contributed by atoms with Gasteiger partial charge < -0.3 is 4.90 Å². The van der Waals surface area contributed by atoms with Gasteiger partial charge in [-0.2, -0.15) is 0 Å². The first kappa shape index (κ1) is 16.7. The summed E-state index contributed by atoms with van der Waals surface area (Å²) in [5.74, 6) is -0.383. The topological polar surface area (TPSA) is 54.5 Å². The van der Waals surface area contributed by atoms with Crippen molar-refractivity contribution in [3.63, 3.8) is 0 Å². The number of nitrogens with zero attached hydrogens (tertiary/aromatic N) is 1. The highest BCUT2D eigenvalue weighted by Crippen LogP contribution is 2.23. The first-order valence-corrected chi connectivity index (χ1v) is 9.93.